The van der Waals surface area contributed by atoms with Gasteiger partial charge in [-0.3, -0.25) is 4.79 Å². The first-order valence-corrected chi connectivity index (χ1v) is 11.6. The van der Waals surface area contributed by atoms with Crippen LogP contribution in [0.1, 0.15) is 68.4 Å². The monoisotopic (exact) mass is 441 g/mol. The molecule has 0 radical (unpaired) electrons. The number of carboxylic acids is 1. The molecule has 0 amide bonds. The molecule has 1 heterocycles. The second kappa shape index (κ2) is 9.88. The topological polar surface area (TPSA) is 68.7 Å². The largest absolute Gasteiger partial charge is 0.493 e. The molecule has 0 aliphatic heterocycles. The number of aromatic nitrogens is 1. The Morgan fingerprint density at radius 2 is 1.94 bits per heavy atom. The molecule has 0 bridgehead atoms. The Morgan fingerprint density at radius 3 is 2.59 bits per heavy atom. The molecule has 2 aromatic rings. The molecule has 1 N–H and O–H groups in total. The summed E-state index contributed by atoms with van der Waals surface area (Å²) in [6.45, 7) is 2.43. The second-order valence-corrected chi connectivity index (χ2v) is 9.34. The van der Waals surface area contributed by atoms with Gasteiger partial charge < -0.3 is 14.6 Å². The van der Waals surface area contributed by atoms with Gasteiger partial charge in [0.15, 0.2) is 0 Å². The molecule has 2 aliphatic carbocycles. The fourth-order valence-electron chi connectivity index (χ4n) is 5.10. The van der Waals surface area contributed by atoms with Crippen molar-refractivity contribution in [1.29, 1.82) is 0 Å². The standard InChI is InChI=1S/C26H32FNO4/c1-16(26(29)30)25(19-10-11-19)20-4-3-5-21(12-20)32-15-17-6-8-18(9-7-17)22-13-24(31-2)28-14-23(22)27/h3-5,12-14,16-19,25H,6-11,15H2,1-2H3,(H,29,30)/t16?,17?,18?,25-/m0/s1. The van der Waals surface area contributed by atoms with E-state index in [0.29, 0.717) is 29.9 Å². The van der Waals surface area contributed by atoms with E-state index in [9.17, 15) is 14.3 Å². The third-order valence-electron chi connectivity index (χ3n) is 7.14. The summed E-state index contributed by atoms with van der Waals surface area (Å²) in [5, 5.41) is 9.52. The lowest BCUT2D eigenvalue weighted by molar-refractivity contribution is -0.142. The zero-order valence-corrected chi connectivity index (χ0v) is 18.8. The zero-order chi connectivity index (χ0) is 22.7. The van der Waals surface area contributed by atoms with E-state index in [-0.39, 0.29) is 17.7 Å². The van der Waals surface area contributed by atoms with Crippen LogP contribution in [0, 0.1) is 23.6 Å². The Hall–Kier alpha value is -2.63. The highest BCUT2D eigenvalue weighted by Gasteiger charge is 2.38. The molecule has 0 saturated heterocycles. The zero-order valence-electron chi connectivity index (χ0n) is 18.8. The number of methoxy groups -OCH3 is 1. The lowest BCUT2D eigenvalue weighted by atomic mass is 9.79. The van der Waals surface area contributed by atoms with E-state index < -0.39 is 11.9 Å². The number of carbonyl (C=O) groups is 1. The lowest BCUT2D eigenvalue weighted by Gasteiger charge is -2.29. The number of pyridine rings is 1. The summed E-state index contributed by atoms with van der Waals surface area (Å²) in [6.07, 6.45) is 7.23. The predicted octanol–water partition coefficient (Wildman–Crippen LogP) is 5.80. The smallest absolute Gasteiger partial charge is 0.306 e. The number of hydrogen-bond donors (Lipinski definition) is 1. The van der Waals surface area contributed by atoms with Crippen molar-refractivity contribution in [2.75, 3.05) is 13.7 Å². The van der Waals surface area contributed by atoms with Gasteiger partial charge in [-0.2, -0.15) is 0 Å². The first-order valence-electron chi connectivity index (χ1n) is 11.6. The first kappa shape index (κ1) is 22.6. The minimum Gasteiger partial charge on any atom is -0.493 e. The summed E-state index contributed by atoms with van der Waals surface area (Å²) in [5.41, 5.74) is 1.76. The first-order chi connectivity index (χ1) is 15.5. The molecule has 172 valence electrons. The molecule has 5 nitrogen and oxygen atoms in total. The summed E-state index contributed by atoms with van der Waals surface area (Å²) in [7, 11) is 1.54. The number of halogens is 1. The summed E-state index contributed by atoms with van der Waals surface area (Å²) in [6, 6.07) is 9.68. The van der Waals surface area contributed by atoms with E-state index in [1.807, 2.05) is 24.3 Å². The van der Waals surface area contributed by atoms with Crippen molar-refractivity contribution < 1.29 is 23.8 Å². The van der Waals surface area contributed by atoms with E-state index >= 15 is 0 Å². The van der Waals surface area contributed by atoms with Crippen molar-refractivity contribution in [3.05, 3.63) is 53.5 Å². The van der Waals surface area contributed by atoms with Gasteiger partial charge in [0.25, 0.3) is 0 Å². The number of hydrogen-bond acceptors (Lipinski definition) is 4. The summed E-state index contributed by atoms with van der Waals surface area (Å²) in [4.78, 5) is 15.5. The average molecular weight is 442 g/mol. The molecule has 1 aromatic carbocycles. The SMILES string of the molecule is COc1cc(C2CCC(COc3cccc([C@H](C4CC4)C(C)C(=O)O)c3)CC2)c(F)cn1. The van der Waals surface area contributed by atoms with E-state index in [4.69, 9.17) is 9.47 Å². The highest BCUT2D eigenvalue weighted by Crippen LogP contribution is 2.47. The third-order valence-corrected chi connectivity index (χ3v) is 7.14. The number of rotatable bonds is 9. The highest BCUT2D eigenvalue weighted by atomic mass is 19.1. The van der Waals surface area contributed by atoms with Crippen LogP contribution in [0.3, 0.4) is 0 Å². The minimum absolute atomic E-state index is 0.0405. The van der Waals surface area contributed by atoms with Crippen LogP contribution < -0.4 is 9.47 Å². The number of nitrogens with zero attached hydrogens (tertiary/aromatic N) is 1. The lowest BCUT2D eigenvalue weighted by Crippen LogP contribution is -2.21. The summed E-state index contributed by atoms with van der Waals surface area (Å²) < 4.78 is 25.5. The van der Waals surface area contributed by atoms with Crippen molar-refractivity contribution in [3.8, 4) is 11.6 Å². The minimum atomic E-state index is -0.742. The van der Waals surface area contributed by atoms with Gasteiger partial charge in [0.05, 0.1) is 25.8 Å². The Bertz CT molecular complexity index is 937. The van der Waals surface area contributed by atoms with Gasteiger partial charge in [0, 0.05) is 6.07 Å². The molecule has 2 atom stereocenters. The molecule has 0 spiro atoms. The molecule has 32 heavy (non-hydrogen) atoms. The summed E-state index contributed by atoms with van der Waals surface area (Å²) in [5.74, 6) is 0.961. The van der Waals surface area contributed by atoms with Gasteiger partial charge in [-0.25, -0.2) is 9.37 Å². The van der Waals surface area contributed by atoms with Crippen LogP contribution in [0.2, 0.25) is 0 Å². The van der Waals surface area contributed by atoms with Crippen molar-refractivity contribution in [2.45, 2.75) is 57.3 Å². The van der Waals surface area contributed by atoms with Crippen molar-refractivity contribution in [2.24, 2.45) is 17.8 Å². The fourth-order valence-corrected chi connectivity index (χ4v) is 5.10. The van der Waals surface area contributed by atoms with Crippen LogP contribution >= 0.6 is 0 Å². The highest BCUT2D eigenvalue weighted by molar-refractivity contribution is 5.71. The van der Waals surface area contributed by atoms with Crippen LogP contribution in [0.15, 0.2) is 36.5 Å². The maximum atomic E-state index is 14.2. The maximum Gasteiger partial charge on any atom is 0.306 e. The van der Waals surface area contributed by atoms with Crippen molar-refractivity contribution in [3.63, 3.8) is 0 Å². The molecular formula is C26H32FNO4. The molecule has 4 rings (SSSR count). The van der Waals surface area contributed by atoms with Crippen LogP contribution in [0.4, 0.5) is 4.39 Å². The Morgan fingerprint density at radius 1 is 1.19 bits per heavy atom. The van der Waals surface area contributed by atoms with Crippen molar-refractivity contribution >= 4 is 5.97 Å². The molecule has 2 fully saturated rings. The Balaban J connectivity index is 1.33. The van der Waals surface area contributed by atoms with Gasteiger partial charge in [0.1, 0.15) is 11.6 Å². The van der Waals surface area contributed by atoms with Crippen molar-refractivity contribution in [1.82, 2.24) is 4.98 Å². The number of aliphatic carboxylic acids is 1. The normalized spacial score (nSPS) is 22.7. The molecule has 6 heteroatoms. The Labute approximate surface area is 189 Å². The maximum absolute atomic E-state index is 14.2. The quantitative estimate of drug-likeness (QED) is 0.533. The number of carboxylic acid groups (broad SMARTS) is 1. The predicted molar refractivity (Wildman–Crippen MR) is 120 cm³/mol. The van der Waals surface area contributed by atoms with Crippen LogP contribution in [-0.4, -0.2) is 29.8 Å². The average Bonchev–Trinajstić information content (AvgIpc) is 3.64. The van der Waals surface area contributed by atoms with Crippen LogP contribution in [0.5, 0.6) is 11.6 Å². The van der Waals surface area contributed by atoms with Gasteiger partial charge in [-0.1, -0.05) is 19.1 Å². The number of ether oxygens (including phenoxy) is 2. The molecule has 2 saturated carbocycles. The Kier molecular flexibility index (Phi) is 6.97. The molecule has 2 aliphatic rings. The molecule has 1 unspecified atom stereocenters. The molecule has 1 aromatic heterocycles. The second-order valence-electron chi connectivity index (χ2n) is 9.34. The van der Waals surface area contributed by atoms with Crippen LogP contribution in [-0.2, 0) is 4.79 Å². The van der Waals surface area contributed by atoms with Crippen LogP contribution in [0.25, 0.3) is 0 Å². The van der Waals surface area contributed by atoms with E-state index in [0.717, 1.165) is 49.8 Å². The van der Waals surface area contributed by atoms with E-state index in [1.165, 1.54) is 6.20 Å². The van der Waals surface area contributed by atoms with Gasteiger partial charge in [0.2, 0.25) is 5.88 Å². The third kappa shape index (κ3) is 5.22. The van der Waals surface area contributed by atoms with Gasteiger partial charge >= 0.3 is 5.97 Å². The fraction of sp³-hybridized carbons (Fsp3) is 0.538. The van der Waals surface area contributed by atoms with E-state index in [2.05, 4.69) is 4.98 Å². The van der Waals surface area contributed by atoms with Gasteiger partial charge in [-0.05, 0) is 85.5 Å². The molecular weight excluding hydrogens is 409 g/mol. The van der Waals surface area contributed by atoms with Gasteiger partial charge in [-0.15, -0.1) is 0 Å². The summed E-state index contributed by atoms with van der Waals surface area (Å²) >= 11 is 0. The van der Waals surface area contributed by atoms with E-state index in [1.54, 1.807) is 20.1 Å². The number of benzene rings is 1.